The largest absolute Gasteiger partial charge is 0.497 e. The van der Waals surface area contributed by atoms with E-state index >= 15 is 0 Å². The Morgan fingerprint density at radius 1 is 0.786 bits per heavy atom. The smallest absolute Gasteiger partial charge is 0.221 e. The number of rotatable bonds is 8. The molecule has 0 heterocycles. The maximum atomic E-state index is 12.7. The Morgan fingerprint density at radius 3 is 1.89 bits per heavy atom. The van der Waals surface area contributed by atoms with E-state index in [9.17, 15) is 4.79 Å². The fourth-order valence-electron chi connectivity index (χ4n) is 3.08. The van der Waals surface area contributed by atoms with Gasteiger partial charge in [0.25, 0.3) is 0 Å². The summed E-state index contributed by atoms with van der Waals surface area (Å²) >= 11 is 0. The van der Waals surface area contributed by atoms with Crippen LogP contribution in [-0.4, -0.2) is 20.1 Å². The number of carbonyl (C=O) groups is 1. The van der Waals surface area contributed by atoms with Crippen molar-refractivity contribution in [3.05, 3.63) is 95.6 Å². The van der Waals surface area contributed by atoms with E-state index < -0.39 is 0 Å². The van der Waals surface area contributed by atoms with E-state index in [0.717, 1.165) is 28.2 Å². The number of amides is 1. The minimum Gasteiger partial charge on any atom is -0.497 e. The van der Waals surface area contributed by atoms with E-state index in [2.05, 4.69) is 5.32 Å². The molecule has 144 valence electrons. The molecule has 4 heteroatoms. The highest BCUT2D eigenvalue weighted by Gasteiger charge is 2.17. The highest BCUT2D eigenvalue weighted by Crippen LogP contribution is 2.24. The summed E-state index contributed by atoms with van der Waals surface area (Å²) in [6.45, 7) is 0. The Morgan fingerprint density at radius 2 is 1.32 bits per heavy atom. The van der Waals surface area contributed by atoms with Crippen molar-refractivity contribution in [2.45, 2.75) is 18.9 Å². The van der Waals surface area contributed by atoms with Crippen molar-refractivity contribution < 1.29 is 14.3 Å². The van der Waals surface area contributed by atoms with Crippen molar-refractivity contribution in [2.24, 2.45) is 0 Å². The van der Waals surface area contributed by atoms with Gasteiger partial charge in [0.05, 0.1) is 20.3 Å². The van der Waals surface area contributed by atoms with Crippen LogP contribution in [-0.2, 0) is 11.2 Å². The van der Waals surface area contributed by atoms with Gasteiger partial charge in [0.1, 0.15) is 11.5 Å². The fourth-order valence-corrected chi connectivity index (χ4v) is 3.08. The molecule has 0 saturated carbocycles. The van der Waals surface area contributed by atoms with E-state index in [1.54, 1.807) is 14.2 Å². The molecule has 3 aromatic rings. The lowest BCUT2D eigenvalue weighted by atomic mass is 9.98. The van der Waals surface area contributed by atoms with Gasteiger partial charge in [-0.1, -0.05) is 54.6 Å². The molecule has 4 nitrogen and oxygen atoms in total. The molecular formula is C24H25NO3. The molecule has 0 aliphatic rings. The Labute approximate surface area is 166 Å². The molecule has 0 radical (unpaired) electrons. The number of benzene rings is 3. The second kappa shape index (κ2) is 9.60. The van der Waals surface area contributed by atoms with Crippen LogP contribution >= 0.6 is 0 Å². The number of methoxy groups -OCH3 is 2. The van der Waals surface area contributed by atoms with Crippen LogP contribution in [0.15, 0.2) is 78.9 Å². The third-order valence-electron chi connectivity index (χ3n) is 4.69. The molecule has 0 aromatic heterocycles. The second-order valence-corrected chi connectivity index (χ2v) is 6.53. The lowest BCUT2D eigenvalue weighted by Crippen LogP contribution is -2.29. The van der Waals surface area contributed by atoms with E-state index in [4.69, 9.17) is 9.47 Å². The SMILES string of the molecule is COc1ccc(CCC(=O)N[C@@H](c2ccccc2)c2ccc(OC)cc2)cc1. The summed E-state index contributed by atoms with van der Waals surface area (Å²) < 4.78 is 10.4. The Balaban J connectivity index is 1.70. The average Bonchev–Trinajstić information content (AvgIpc) is 2.77. The van der Waals surface area contributed by atoms with Crippen LogP contribution in [0.3, 0.4) is 0 Å². The first-order chi connectivity index (χ1) is 13.7. The molecule has 0 spiro atoms. The number of hydrogen-bond donors (Lipinski definition) is 1. The highest BCUT2D eigenvalue weighted by molar-refractivity contribution is 5.77. The van der Waals surface area contributed by atoms with Crippen molar-refractivity contribution in [2.75, 3.05) is 14.2 Å². The summed E-state index contributed by atoms with van der Waals surface area (Å²) in [4.78, 5) is 12.7. The van der Waals surface area contributed by atoms with Gasteiger partial charge in [0.15, 0.2) is 0 Å². The van der Waals surface area contributed by atoms with Crippen LogP contribution in [0, 0.1) is 0 Å². The maximum absolute atomic E-state index is 12.7. The molecule has 1 amide bonds. The van der Waals surface area contributed by atoms with E-state index in [1.807, 2.05) is 78.9 Å². The molecular weight excluding hydrogens is 350 g/mol. The van der Waals surface area contributed by atoms with Crippen molar-refractivity contribution in [1.82, 2.24) is 5.32 Å². The van der Waals surface area contributed by atoms with Gasteiger partial charge in [0, 0.05) is 6.42 Å². The first kappa shape index (κ1) is 19.5. The molecule has 0 aliphatic carbocycles. The van der Waals surface area contributed by atoms with Crippen molar-refractivity contribution in [1.29, 1.82) is 0 Å². The number of hydrogen-bond acceptors (Lipinski definition) is 3. The van der Waals surface area contributed by atoms with Crippen molar-refractivity contribution in [3.63, 3.8) is 0 Å². The van der Waals surface area contributed by atoms with Gasteiger partial charge in [-0.25, -0.2) is 0 Å². The van der Waals surface area contributed by atoms with Gasteiger partial charge in [-0.15, -0.1) is 0 Å². The quantitative estimate of drug-likeness (QED) is 0.629. The predicted molar refractivity (Wildman–Crippen MR) is 111 cm³/mol. The van der Waals surface area contributed by atoms with Gasteiger partial charge < -0.3 is 14.8 Å². The Bertz CT molecular complexity index is 874. The third-order valence-corrected chi connectivity index (χ3v) is 4.69. The lowest BCUT2D eigenvalue weighted by molar-refractivity contribution is -0.121. The van der Waals surface area contributed by atoms with Gasteiger partial charge in [-0.05, 0) is 47.4 Å². The van der Waals surface area contributed by atoms with Gasteiger partial charge in [-0.3, -0.25) is 4.79 Å². The van der Waals surface area contributed by atoms with Crippen LogP contribution in [0.2, 0.25) is 0 Å². The first-order valence-electron chi connectivity index (χ1n) is 9.31. The summed E-state index contributed by atoms with van der Waals surface area (Å²) in [6.07, 6.45) is 1.10. The van der Waals surface area contributed by atoms with Crippen molar-refractivity contribution in [3.8, 4) is 11.5 Å². The van der Waals surface area contributed by atoms with Crippen LogP contribution in [0.1, 0.15) is 29.2 Å². The zero-order valence-electron chi connectivity index (χ0n) is 16.2. The molecule has 0 unspecified atom stereocenters. The summed E-state index contributed by atoms with van der Waals surface area (Å²) in [5.41, 5.74) is 3.17. The van der Waals surface area contributed by atoms with E-state index in [1.165, 1.54) is 0 Å². The normalized spacial score (nSPS) is 11.5. The number of aryl methyl sites for hydroxylation is 1. The highest BCUT2D eigenvalue weighted by atomic mass is 16.5. The third kappa shape index (κ3) is 5.13. The molecule has 1 atom stereocenters. The summed E-state index contributed by atoms with van der Waals surface area (Å²) in [5.74, 6) is 1.62. The van der Waals surface area contributed by atoms with Gasteiger partial charge in [0.2, 0.25) is 5.91 Å². The molecule has 0 aliphatic heterocycles. The minimum absolute atomic E-state index is 0.0143. The number of ether oxygens (including phenoxy) is 2. The van der Waals surface area contributed by atoms with Crippen molar-refractivity contribution >= 4 is 5.91 Å². The Kier molecular flexibility index (Phi) is 6.68. The zero-order chi connectivity index (χ0) is 19.8. The number of nitrogens with one attached hydrogen (secondary N) is 1. The predicted octanol–water partition coefficient (Wildman–Crippen LogP) is 4.54. The molecule has 0 bridgehead atoms. The molecule has 3 rings (SSSR count). The summed E-state index contributed by atoms with van der Waals surface area (Å²) in [5, 5.41) is 3.18. The first-order valence-corrected chi connectivity index (χ1v) is 9.31. The average molecular weight is 375 g/mol. The topological polar surface area (TPSA) is 47.6 Å². The molecule has 1 N–H and O–H groups in total. The zero-order valence-corrected chi connectivity index (χ0v) is 16.2. The van der Waals surface area contributed by atoms with E-state index in [0.29, 0.717) is 12.8 Å². The minimum atomic E-state index is -0.199. The number of carbonyl (C=O) groups excluding carboxylic acids is 1. The monoisotopic (exact) mass is 375 g/mol. The second-order valence-electron chi connectivity index (χ2n) is 6.53. The Hall–Kier alpha value is -3.27. The van der Waals surface area contributed by atoms with Crippen LogP contribution in [0.5, 0.6) is 11.5 Å². The summed E-state index contributed by atoms with van der Waals surface area (Å²) in [7, 11) is 3.29. The molecule has 0 saturated heterocycles. The van der Waals surface area contributed by atoms with Gasteiger partial charge >= 0.3 is 0 Å². The lowest BCUT2D eigenvalue weighted by Gasteiger charge is -2.20. The van der Waals surface area contributed by atoms with Gasteiger partial charge in [-0.2, -0.15) is 0 Å². The van der Waals surface area contributed by atoms with Crippen LogP contribution in [0.4, 0.5) is 0 Å². The molecule has 3 aromatic carbocycles. The van der Waals surface area contributed by atoms with E-state index in [-0.39, 0.29) is 11.9 Å². The van der Waals surface area contributed by atoms with Crippen LogP contribution in [0.25, 0.3) is 0 Å². The summed E-state index contributed by atoms with van der Waals surface area (Å²) in [6, 6.07) is 25.4. The maximum Gasteiger partial charge on any atom is 0.221 e. The molecule has 28 heavy (non-hydrogen) atoms. The molecule has 0 fully saturated rings. The fraction of sp³-hybridized carbons (Fsp3) is 0.208. The standard InChI is InChI=1S/C24H25NO3/c1-27-21-13-8-18(9-14-21)10-17-23(26)25-24(19-6-4-3-5-7-19)20-11-15-22(28-2)16-12-20/h3-9,11-16,24H,10,17H2,1-2H3,(H,25,26)/t24-/m0/s1. The van der Waals surface area contributed by atoms with Crippen LogP contribution < -0.4 is 14.8 Å².